The van der Waals surface area contributed by atoms with Crippen molar-refractivity contribution in [2.75, 3.05) is 5.88 Å². The van der Waals surface area contributed by atoms with Gasteiger partial charge >= 0.3 is 11.8 Å². The first-order chi connectivity index (χ1) is 6.98. The molecule has 0 radical (unpaired) electrons. The predicted molar refractivity (Wildman–Crippen MR) is 58.1 cm³/mol. The highest BCUT2D eigenvalue weighted by atomic mass is 79.9. The molecule has 0 heterocycles. The zero-order valence-corrected chi connectivity index (χ0v) is 9.83. The number of aliphatic hydroxyl groups is 1. The number of carboxylic acid groups (broad SMARTS) is 1. The third kappa shape index (κ3) is 3.09. The molecule has 0 aliphatic rings. The molecule has 0 saturated heterocycles. The van der Waals surface area contributed by atoms with Gasteiger partial charge in [-0.1, -0.05) is 15.9 Å². The van der Waals surface area contributed by atoms with E-state index < -0.39 is 17.6 Å². The largest absolute Gasteiger partial charge is 0.476 e. The average molecular weight is 296 g/mol. The van der Waals surface area contributed by atoms with Crippen LogP contribution >= 0.6 is 27.5 Å². The molecular weight excluding hydrogens is 287 g/mol. The molecule has 0 amide bonds. The molecule has 0 aliphatic carbocycles. The van der Waals surface area contributed by atoms with Crippen molar-refractivity contribution in [1.82, 2.24) is 0 Å². The molecule has 1 rings (SSSR count). The van der Waals surface area contributed by atoms with E-state index in [2.05, 4.69) is 15.9 Å². The minimum Gasteiger partial charge on any atom is -0.476 e. The quantitative estimate of drug-likeness (QED) is 0.657. The van der Waals surface area contributed by atoms with E-state index in [0.29, 0.717) is 0 Å². The summed E-state index contributed by atoms with van der Waals surface area (Å²) in [4.78, 5) is 10.7. The molecule has 1 aromatic carbocycles. The summed E-state index contributed by atoms with van der Waals surface area (Å²) in [5.41, 5.74) is 0. The van der Waals surface area contributed by atoms with Crippen LogP contribution in [0.1, 0.15) is 0 Å². The van der Waals surface area contributed by atoms with Gasteiger partial charge in [-0.05, 0) is 24.3 Å². The van der Waals surface area contributed by atoms with E-state index in [9.17, 15) is 9.90 Å². The van der Waals surface area contributed by atoms with Crippen molar-refractivity contribution in [1.29, 1.82) is 0 Å². The van der Waals surface area contributed by atoms with Crippen LogP contribution < -0.4 is 4.74 Å². The summed E-state index contributed by atoms with van der Waals surface area (Å²) in [5.74, 6) is -4.25. The number of benzene rings is 1. The lowest BCUT2D eigenvalue weighted by molar-refractivity contribution is -0.187. The summed E-state index contributed by atoms with van der Waals surface area (Å²) in [6.45, 7) is 0. The second kappa shape index (κ2) is 4.83. The van der Waals surface area contributed by atoms with Gasteiger partial charge in [0, 0.05) is 4.47 Å². The van der Waals surface area contributed by atoms with Gasteiger partial charge in [-0.25, -0.2) is 4.79 Å². The maximum atomic E-state index is 10.7. The highest BCUT2D eigenvalue weighted by molar-refractivity contribution is 9.10. The Bertz CT molecular complexity index is 354. The number of alkyl halides is 1. The van der Waals surface area contributed by atoms with E-state index in [0.717, 1.165) is 4.47 Å². The van der Waals surface area contributed by atoms with Crippen molar-refractivity contribution in [2.45, 2.75) is 5.79 Å². The molecule has 0 aromatic heterocycles. The van der Waals surface area contributed by atoms with E-state index in [4.69, 9.17) is 21.4 Å². The van der Waals surface area contributed by atoms with Gasteiger partial charge < -0.3 is 14.9 Å². The Morgan fingerprint density at radius 3 is 2.40 bits per heavy atom. The number of aliphatic carboxylic acids is 1. The van der Waals surface area contributed by atoms with Crippen molar-refractivity contribution in [3.8, 4) is 5.75 Å². The number of ether oxygens (including phenoxy) is 1. The van der Waals surface area contributed by atoms with Crippen LogP contribution in [0.15, 0.2) is 28.7 Å². The molecule has 0 spiro atoms. The van der Waals surface area contributed by atoms with Crippen LogP contribution in [-0.4, -0.2) is 27.8 Å². The normalized spacial score (nSPS) is 14.3. The molecule has 1 atom stereocenters. The Morgan fingerprint density at radius 2 is 2.00 bits per heavy atom. The molecule has 0 saturated carbocycles. The van der Waals surface area contributed by atoms with E-state index in [1.165, 1.54) is 12.1 Å². The fourth-order valence-corrected chi connectivity index (χ4v) is 1.26. The van der Waals surface area contributed by atoms with Crippen molar-refractivity contribution in [3.05, 3.63) is 28.7 Å². The van der Waals surface area contributed by atoms with Gasteiger partial charge in [0.1, 0.15) is 5.75 Å². The standard InChI is InChI=1S/C9H8BrClO4/c10-6-1-3-7(4-2-6)15-9(14,5-11)8(12)13/h1-4,14H,5H2,(H,12,13). The first kappa shape index (κ1) is 12.3. The molecular formula is C9H8BrClO4. The van der Waals surface area contributed by atoms with Gasteiger partial charge in [-0.3, -0.25) is 0 Å². The van der Waals surface area contributed by atoms with E-state index in [1.54, 1.807) is 12.1 Å². The monoisotopic (exact) mass is 294 g/mol. The molecule has 0 fully saturated rings. The zero-order chi connectivity index (χ0) is 11.5. The summed E-state index contributed by atoms with van der Waals surface area (Å²) in [6.07, 6.45) is 0. The Morgan fingerprint density at radius 1 is 1.47 bits per heavy atom. The summed E-state index contributed by atoms with van der Waals surface area (Å²) < 4.78 is 5.69. The lowest BCUT2D eigenvalue weighted by Crippen LogP contribution is -2.46. The minimum atomic E-state index is -2.39. The molecule has 1 unspecified atom stereocenters. The third-order valence-electron chi connectivity index (χ3n) is 1.62. The Labute approximate surface area is 99.6 Å². The van der Waals surface area contributed by atoms with Crippen LogP contribution in [0, 0.1) is 0 Å². The molecule has 1 aromatic rings. The van der Waals surface area contributed by atoms with E-state index in [1.807, 2.05) is 0 Å². The predicted octanol–water partition coefficient (Wildman–Crippen LogP) is 1.84. The number of hydrogen-bond donors (Lipinski definition) is 2. The van der Waals surface area contributed by atoms with Crippen LogP contribution in [0.2, 0.25) is 0 Å². The zero-order valence-electron chi connectivity index (χ0n) is 7.48. The minimum absolute atomic E-state index is 0.226. The maximum Gasteiger partial charge on any atom is 0.378 e. The topological polar surface area (TPSA) is 66.8 Å². The van der Waals surface area contributed by atoms with E-state index >= 15 is 0 Å². The Balaban J connectivity index is 2.84. The van der Waals surface area contributed by atoms with Crippen molar-refractivity contribution in [3.63, 3.8) is 0 Å². The number of hydrogen-bond acceptors (Lipinski definition) is 3. The van der Waals surface area contributed by atoms with Crippen LogP contribution in [0.3, 0.4) is 0 Å². The molecule has 0 bridgehead atoms. The summed E-state index contributed by atoms with van der Waals surface area (Å²) >= 11 is 8.53. The highest BCUT2D eigenvalue weighted by Crippen LogP contribution is 2.21. The van der Waals surface area contributed by atoms with Crippen LogP contribution in [-0.2, 0) is 4.79 Å². The van der Waals surface area contributed by atoms with Gasteiger partial charge in [0.2, 0.25) is 0 Å². The van der Waals surface area contributed by atoms with E-state index in [-0.39, 0.29) is 5.75 Å². The van der Waals surface area contributed by atoms with Crippen molar-refractivity contribution in [2.24, 2.45) is 0 Å². The summed E-state index contributed by atoms with van der Waals surface area (Å²) in [5, 5.41) is 18.1. The fraction of sp³-hybridized carbons (Fsp3) is 0.222. The highest BCUT2D eigenvalue weighted by Gasteiger charge is 2.38. The lowest BCUT2D eigenvalue weighted by atomic mass is 10.3. The second-order valence-electron chi connectivity index (χ2n) is 2.78. The average Bonchev–Trinajstić information content (AvgIpc) is 2.21. The Hall–Kier alpha value is -0.780. The molecule has 2 N–H and O–H groups in total. The first-order valence-corrected chi connectivity index (χ1v) is 5.27. The Kier molecular flexibility index (Phi) is 3.96. The molecule has 15 heavy (non-hydrogen) atoms. The van der Waals surface area contributed by atoms with Crippen LogP contribution in [0.25, 0.3) is 0 Å². The summed E-state index contributed by atoms with van der Waals surface area (Å²) in [7, 11) is 0. The second-order valence-corrected chi connectivity index (χ2v) is 3.96. The number of carboxylic acids is 1. The van der Waals surface area contributed by atoms with Gasteiger partial charge in [-0.2, -0.15) is 0 Å². The van der Waals surface area contributed by atoms with Crippen LogP contribution in [0.5, 0.6) is 5.75 Å². The molecule has 82 valence electrons. The smallest absolute Gasteiger partial charge is 0.378 e. The summed E-state index contributed by atoms with van der Waals surface area (Å²) in [6, 6.07) is 6.35. The van der Waals surface area contributed by atoms with Gasteiger partial charge in [-0.15, -0.1) is 11.6 Å². The molecule has 4 nitrogen and oxygen atoms in total. The van der Waals surface area contributed by atoms with Gasteiger partial charge in [0.25, 0.3) is 0 Å². The fourth-order valence-electron chi connectivity index (χ4n) is 0.826. The molecule has 0 aliphatic heterocycles. The van der Waals surface area contributed by atoms with Gasteiger partial charge in [0.15, 0.2) is 0 Å². The van der Waals surface area contributed by atoms with Crippen molar-refractivity contribution < 1.29 is 19.7 Å². The SMILES string of the molecule is O=C(O)C(O)(CCl)Oc1ccc(Br)cc1. The molecule has 6 heteroatoms. The van der Waals surface area contributed by atoms with Crippen LogP contribution in [0.4, 0.5) is 0 Å². The lowest BCUT2D eigenvalue weighted by Gasteiger charge is -2.21. The number of carbonyl (C=O) groups is 1. The number of rotatable bonds is 4. The number of halogens is 2. The maximum absolute atomic E-state index is 10.7. The van der Waals surface area contributed by atoms with Crippen molar-refractivity contribution >= 4 is 33.5 Å². The third-order valence-corrected chi connectivity index (χ3v) is 2.51. The first-order valence-electron chi connectivity index (χ1n) is 3.94. The van der Waals surface area contributed by atoms with Gasteiger partial charge in [0.05, 0.1) is 5.88 Å².